The van der Waals surface area contributed by atoms with Gasteiger partial charge >= 0.3 is 0 Å². The zero-order valence-electron chi connectivity index (χ0n) is 12.3. The van der Waals surface area contributed by atoms with E-state index in [4.69, 9.17) is 4.74 Å². The summed E-state index contributed by atoms with van der Waals surface area (Å²) in [5.41, 5.74) is -0.0301. The Morgan fingerprint density at radius 1 is 1.52 bits per heavy atom. The molecule has 0 aromatic carbocycles. The summed E-state index contributed by atoms with van der Waals surface area (Å²) in [7, 11) is 2.06. The van der Waals surface area contributed by atoms with Crippen LogP contribution in [0.2, 0.25) is 0 Å². The van der Waals surface area contributed by atoms with Crippen molar-refractivity contribution in [1.82, 2.24) is 14.6 Å². The SMILES string of the molecule is CN(c1nn2c(=O)ccnc2s1)C1C2CCOC2C1(C)C. The minimum atomic E-state index is -0.133. The standard InChI is InChI=1S/C14H18N4O2S/c1-14(2)10(8-5-7-20-11(8)14)17(3)13-16-18-9(19)4-6-15-12(18)21-13/h4,6,8,10-11H,5,7H2,1-3H3. The van der Waals surface area contributed by atoms with E-state index >= 15 is 0 Å². The fraction of sp³-hybridized carbons (Fsp3) is 0.643. The molecule has 2 fully saturated rings. The van der Waals surface area contributed by atoms with Gasteiger partial charge < -0.3 is 9.64 Å². The Morgan fingerprint density at radius 3 is 3.10 bits per heavy atom. The molecular formula is C14H18N4O2S. The second kappa shape index (κ2) is 4.27. The highest BCUT2D eigenvalue weighted by atomic mass is 32.1. The summed E-state index contributed by atoms with van der Waals surface area (Å²) >= 11 is 1.46. The number of nitrogens with zero attached hydrogens (tertiary/aromatic N) is 4. The first-order chi connectivity index (χ1) is 10.00. The van der Waals surface area contributed by atoms with Gasteiger partial charge in [0.05, 0.1) is 6.10 Å². The molecule has 0 spiro atoms. The topological polar surface area (TPSA) is 59.7 Å². The molecule has 3 heterocycles. The highest BCUT2D eigenvalue weighted by Crippen LogP contribution is 2.55. The molecule has 112 valence electrons. The Labute approximate surface area is 126 Å². The lowest BCUT2D eigenvalue weighted by molar-refractivity contribution is -0.101. The summed E-state index contributed by atoms with van der Waals surface area (Å²) < 4.78 is 7.23. The van der Waals surface area contributed by atoms with Gasteiger partial charge in [-0.1, -0.05) is 25.2 Å². The Morgan fingerprint density at radius 2 is 2.33 bits per heavy atom. The van der Waals surface area contributed by atoms with Crippen molar-refractivity contribution < 1.29 is 4.74 Å². The van der Waals surface area contributed by atoms with Gasteiger partial charge in [0.2, 0.25) is 10.1 Å². The molecule has 1 aliphatic carbocycles. The van der Waals surface area contributed by atoms with Crippen LogP contribution in [0.4, 0.5) is 5.13 Å². The van der Waals surface area contributed by atoms with Crippen molar-refractivity contribution in [3.05, 3.63) is 22.6 Å². The van der Waals surface area contributed by atoms with Gasteiger partial charge in [-0.05, 0) is 6.42 Å². The number of anilines is 1. The van der Waals surface area contributed by atoms with Crippen molar-refractivity contribution in [1.29, 1.82) is 0 Å². The molecule has 3 atom stereocenters. The molecule has 21 heavy (non-hydrogen) atoms. The first-order valence-corrected chi connectivity index (χ1v) is 8.01. The fourth-order valence-electron chi connectivity index (χ4n) is 4.08. The first kappa shape index (κ1) is 13.2. The molecular weight excluding hydrogens is 288 g/mol. The maximum absolute atomic E-state index is 11.8. The van der Waals surface area contributed by atoms with E-state index in [2.05, 4.69) is 35.9 Å². The zero-order chi connectivity index (χ0) is 14.8. The summed E-state index contributed by atoms with van der Waals surface area (Å²) in [4.78, 5) is 18.9. The highest BCUT2D eigenvalue weighted by Gasteiger charge is 2.61. The van der Waals surface area contributed by atoms with E-state index in [0.29, 0.717) is 23.0 Å². The first-order valence-electron chi connectivity index (χ1n) is 7.19. The van der Waals surface area contributed by atoms with E-state index in [0.717, 1.165) is 18.2 Å². The van der Waals surface area contributed by atoms with E-state index in [1.165, 1.54) is 28.1 Å². The monoisotopic (exact) mass is 306 g/mol. The molecule has 7 heteroatoms. The summed E-state index contributed by atoms with van der Waals surface area (Å²) in [6.07, 6.45) is 2.99. The van der Waals surface area contributed by atoms with Crippen LogP contribution in [-0.4, -0.2) is 40.4 Å². The number of fused-ring (bicyclic) bond motifs is 2. The smallest absolute Gasteiger partial charge is 0.275 e. The molecule has 1 saturated carbocycles. The van der Waals surface area contributed by atoms with Crippen LogP contribution in [-0.2, 0) is 4.74 Å². The maximum Gasteiger partial charge on any atom is 0.275 e. The quantitative estimate of drug-likeness (QED) is 0.839. The Hall–Kier alpha value is -1.47. The minimum absolute atomic E-state index is 0.103. The molecule has 1 saturated heterocycles. The predicted octanol–water partition coefficient (Wildman–Crippen LogP) is 1.40. The van der Waals surface area contributed by atoms with Crippen molar-refractivity contribution in [2.45, 2.75) is 32.4 Å². The third-order valence-electron chi connectivity index (χ3n) is 4.92. The third kappa shape index (κ3) is 1.70. The summed E-state index contributed by atoms with van der Waals surface area (Å²) in [5.74, 6) is 0.557. The van der Waals surface area contributed by atoms with E-state index in [1.807, 2.05) is 0 Å². The van der Waals surface area contributed by atoms with Gasteiger partial charge in [0.15, 0.2) is 0 Å². The van der Waals surface area contributed by atoms with Crippen LogP contribution in [0, 0.1) is 11.3 Å². The molecule has 6 nitrogen and oxygen atoms in total. The van der Waals surface area contributed by atoms with Crippen molar-refractivity contribution >= 4 is 21.4 Å². The molecule has 2 aromatic heterocycles. The number of aromatic nitrogens is 3. The molecule has 2 aromatic rings. The van der Waals surface area contributed by atoms with Gasteiger partial charge in [-0.15, -0.1) is 5.10 Å². The van der Waals surface area contributed by atoms with Crippen LogP contribution in [0.3, 0.4) is 0 Å². The van der Waals surface area contributed by atoms with Gasteiger partial charge in [-0.2, -0.15) is 4.52 Å². The number of rotatable bonds is 2. The second-order valence-corrected chi connectivity index (χ2v) is 7.42. The summed E-state index contributed by atoms with van der Waals surface area (Å²) in [6, 6.07) is 1.83. The average Bonchev–Trinajstić information content (AvgIpc) is 3.04. The molecule has 0 bridgehead atoms. The van der Waals surface area contributed by atoms with Crippen LogP contribution >= 0.6 is 11.3 Å². The Bertz CT molecular complexity index is 753. The minimum Gasteiger partial charge on any atom is -0.377 e. The number of hydrogen-bond acceptors (Lipinski definition) is 6. The predicted molar refractivity (Wildman–Crippen MR) is 81.0 cm³/mol. The molecule has 4 rings (SSSR count). The zero-order valence-corrected chi connectivity index (χ0v) is 13.1. The van der Waals surface area contributed by atoms with Crippen LogP contribution < -0.4 is 10.5 Å². The molecule has 2 aliphatic rings. The van der Waals surface area contributed by atoms with Crippen molar-refractivity contribution in [2.75, 3.05) is 18.6 Å². The van der Waals surface area contributed by atoms with Crippen LogP contribution in [0.25, 0.3) is 4.96 Å². The van der Waals surface area contributed by atoms with E-state index in [1.54, 1.807) is 0 Å². The van der Waals surface area contributed by atoms with E-state index in [-0.39, 0.29) is 11.0 Å². The third-order valence-corrected chi connectivity index (χ3v) is 5.93. The molecule has 0 N–H and O–H groups in total. The van der Waals surface area contributed by atoms with Crippen molar-refractivity contribution in [2.24, 2.45) is 11.3 Å². The molecule has 0 radical (unpaired) electrons. The van der Waals surface area contributed by atoms with Gasteiger partial charge in [-0.3, -0.25) is 4.79 Å². The van der Waals surface area contributed by atoms with Gasteiger partial charge in [0, 0.05) is 43.3 Å². The van der Waals surface area contributed by atoms with Crippen molar-refractivity contribution in [3.8, 4) is 0 Å². The summed E-state index contributed by atoms with van der Waals surface area (Å²) in [5, 5.41) is 5.28. The Kier molecular flexibility index (Phi) is 2.68. The highest BCUT2D eigenvalue weighted by molar-refractivity contribution is 7.20. The molecule has 3 unspecified atom stereocenters. The lowest BCUT2D eigenvalue weighted by Gasteiger charge is -2.57. The summed E-state index contributed by atoms with van der Waals surface area (Å²) in [6.45, 7) is 5.35. The molecule has 0 amide bonds. The normalized spacial score (nSPS) is 30.1. The van der Waals surface area contributed by atoms with Crippen molar-refractivity contribution in [3.63, 3.8) is 0 Å². The Balaban J connectivity index is 1.72. The van der Waals surface area contributed by atoms with Gasteiger partial charge in [0.25, 0.3) is 5.56 Å². The largest absolute Gasteiger partial charge is 0.377 e. The van der Waals surface area contributed by atoms with Gasteiger partial charge in [-0.25, -0.2) is 4.98 Å². The maximum atomic E-state index is 11.8. The van der Waals surface area contributed by atoms with Crippen LogP contribution in [0.5, 0.6) is 0 Å². The molecule has 1 aliphatic heterocycles. The van der Waals surface area contributed by atoms with Gasteiger partial charge in [0.1, 0.15) is 0 Å². The fourth-order valence-corrected chi connectivity index (χ4v) is 4.95. The number of hydrogen-bond donors (Lipinski definition) is 0. The number of ether oxygens (including phenoxy) is 1. The lowest BCUT2D eigenvalue weighted by Crippen LogP contribution is -2.66. The van der Waals surface area contributed by atoms with E-state index < -0.39 is 0 Å². The lowest BCUT2D eigenvalue weighted by atomic mass is 9.57. The van der Waals surface area contributed by atoms with E-state index in [9.17, 15) is 4.79 Å². The van der Waals surface area contributed by atoms with Crippen LogP contribution in [0.15, 0.2) is 17.1 Å². The average molecular weight is 306 g/mol. The second-order valence-electron chi connectivity index (χ2n) is 6.48. The van der Waals surface area contributed by atoms with Crippen LogP contribution in [0.1, 0.15) is 20.3 Å².